The van der Waals surface area contributed by atoms with Gasteiger partial charge in [0.2, 0.25) is 0 Å². The van der Waals surface area contributed by atoms with Gasteiger partial charge < -0.3 is 10.1 Å². The van der Waals surface area contributed by atoms with Crippen LogP contribution < -0.4 is 5.32 Å². The Morgan fingerprint density at radius 2 is 2.08 bits per heavy atom. The number of rotatable bonds is 2. The van der Waals surface area contributed by atoms with Crippen molar-refractivity contribution in [3.8, 4) is 0 Å². The van der Waals surface area contributed by atoms with Gasteiger partial charge in [-0.05, 0) is 13.0 Å². The molecule has 0 aromatic heterocycles. The van der Waals surface area contributed by atoms with Crippen LogP contribution in [0.15, 0.2) is 0 Å². The molecular formula is C6H9F4NO. The van der Waals surface area contributed by atoms with Crippen molar-refractivity contribution in [1.82, 2.24) is 5.32 Å². The lowest BCUT2D eigenvalue weighted by atomic mass is 10.3. The van der Waals surface area contributed by atoms with Crippen molar-refractivity contribution in [3.63, 3.8) is 0 Å². The molecule has 1 heterocycles. The van der Waals surface area contributed by atoms with Crippen LogP contribution in [-0.2, 0) is 4.74 Å². The fourth-order valence-electron chi connectivity index (χ4n) is 0.990. The number of halogens is 4. The maximum atomic E-state index is 12.2. The zero-order valence-electron chi connectivity index (χ0n) is 6.20. The van der Waals surface area contributed by atoms with Crippen molar-refractivity contribution in [2.75, 3.05) is 13.1 Å². The van der Waals surface area contributed by atoms with E-state index in [9.17, 15) is 17.6 Å². The number of nitrogens with one attached hydrogen (secondary N) is 1. The Hall–Kier alpha value is -0.360. The molecule has 12 heavy (non-hydrogen) atoms. The normalized spacial score (nSPS) is 27.5. The average Bonchev–Trinajstić information content (AvgIpc) is 2.37. The summed E-state index contributed by atoms with van der Waals surface area (Å²) >= 11 is 0. The van der Waals surface area contributed by atoms with Gasteiger partial charge in [0.05, 0.1) is 6.10 Å². The molecule has 1 fully saturated rings. The van der Waals surface area contributed by atoms with Gasteiger partial charge in [-0.15, -0.1) is 0 Å². The highest BCUT2D eigenvalue weighted by atomic mass is 19.4. The van der Waals surface area contributed by atoms with Gasteiger partial charge in [0, 0.05) is 6.54 Å². The molecule has 1 aliphatic heterocycles. The molecule has 2 atom stereocenters. The number of hydrogen-bond donors (Lipinski definition) is 1. The van der Waals surface area contributed by atoms with Crippen molar-refractivity contribution >= 4 is 0 Å². The Morgan fingerprint density at radius 1 is 1.42 bits per heavy atom. The van der Waals surface area contributed by atoms with Crippen molar-refractivity contribution in [2.45, 2.75) is 25.1 Å². The quantitative estimate of drug-likeness (QED) is 0.656. The average molecular weight is 187 g/mol. The molecule has 0 saturated carbocycles. The minimum atomic E-state index is -4.90. The van der Waals surface area contributed by atoms with Crippen LogP contribution in [0.3, 0.4) is 0 Å². The predicted octanol–water partition coefficient (Wildman–Crippen LogP) is 1.22. The van der Waals surface area contributed by atoms with E-state index < -0.39 is 18.6 Å². The van der Waals surface area contributed by atoms with E-state index in [-0.39, 0.29) is 6.54 Å². The molecule has 1 saturated heterocycles. The molecule has 1 N–H and O–H groups in total. The summed E-state index contributed by atoms with van der Waals surface area (Å²) in [7, 11) is 0. The maximum absolute atomic E-state index is 12.2. The largest absolute Gasteiger partial charge is 0.445 e. The summed E-state index contributed by atoms with van der Waals surface area (Å²) < 4.78 is 51.1. The van der Waals surface area contributed by atoms with Crippen LogP contribution >= 0.6 is 0 Å². The molecule has 0 radical (unpaired) electrons. The monoisotopic (exact) mass is 187 g/mol. The van der Waals surface area contributed by atoms with Gasteiger partial charge in [-0.25, -0.2) is 4.39 Å². The highest BCUT2D eigenvalue weighted by Crippen LogP contribution is 2.25. The van der Waals surface area contributed by atoms with E-state index in [0.717, 1.165) is 0 Å². The van der Waals surface area contributed by atoms with E-state index in [2.05, 4.69) is 10.1 Å². The summed E-state index contributed by atoms with van der Waals surface area (Å²) in [4.78, 5) is 0. The first-order valence-corrected chi connectivity index (χ1v) is 3.57. The van der Waals surface area contributed by atoms with Crippen molar-refractivity contribution in [1.29, 1.82) is 0 Å². The molecule has 0 spiro atoms. The Morgan fingerprint density at radius 3 is 2.50 bits per heavy atom. The fraction of sp³-hybridized carbons (Fsp3) is 1.00. The molecule has 0 aliphatic carbocycles. The lowest BCUT2D eigenvalue weighted by molar-refractivity contribution is -0.275. The highest BCUT2D eigenvalue weighted by Gasteiger charge is 2.43. The lowest BCUT2D eigenvalue weighted by Gasteiger charge is -2.16. The second-order valence-electron chi connectivity index (χ2n) is 2.61. The van der Waals surface area contributed by atoms with Gasteiger partial charge in [0.15, 0.2) is 0 Å². The Balaban J connectivity index is 2.30. The molecular weight excluding hydrogens is 178 g/mol. The zero-order valence-corrected chi connectivity index (χ0v) is 6.20. The minimum Gasteiger partial charge on any atom is -0.337 e. The van der Waals surface area contributed by atoms with Crippen LogP contribution in [0.5, 0.6) is 0 Å². The number of alkyl halides is 4. The standard InChI is InChI=1S/C6H9F4NO/c7-5(6(8,9)10)12-4-1-2-11-3-4/h4-5,11H,1-3H2. The van der Waals surface area contributed by atoms with Crippen LogP contribution in [0.4, 0.5) is 17.6 Å². The Bertz CT molecular complexity index is 143. The van der Waals surface area contributed by atoms with E-state index in [1.54, 1.807) is 0 Å². The molecule has 0 amide bonds. The summed E-state index contributed by atoms with van der Waals surface area (Å²) in [5.41, 5.74) is 0. The van der Waals surface area contributed by atoms with Crippen molar-refractivity contribution in [2.24, 2.45) is 0 Å². The third kappa shape index (κ3) is 2.60. The molecule has 0 aromatic carbocycles. The van der Waals surface area contributed by atoms with Crippen molar-refractivity contribution in [3.05, 3.63) is 0 Å². The third-order valence-corrected chi connectivity index (χ3v) is 1.58. The smallest absolute Gasteiger partial charge is 0.337 e. The van der Waals surface area contributed by atoms with Crippen LogP contribution in [0.25, 0.3) is 0 Å². The maximum Gasteiger partial charge on any atom is 0.445 e. The van der Waals surface area contributed by atoms with E-state index in [1.807, 2.05) is 0 Å². The first-order chi connectivity index (χ1) is 5.50. The summed E-state index contributed by atoms with van der Waals surface area (Å²) in [6, 6.07) is 0. The van der Waals surface area contributed by atoms with Crippen LogP contribution in [0, 0.1) is 0 Å². The first kappa shape index (κ1) is 9.73. The summed E-state index contributed by atoms with van der Waals surface area (Å²) in [6.07, 6.45) is -8.27. The molecule has 6 heteroatoms. The van der Waals surface area contributed by atoms with Gasteiger partial charge in [-0.2, -0.15) is 13.2 Å². The fourth-order valence-corrected chi connectivity index (χ4v) is 0.990. The van der Waals surface area contributed by atoms with E-state index >= 15 is 0 Å². The molecule has 1 rings (SSSR count). The Labute approximate surface area is 66.9 Å². The lowest BCUT2D eigenvalue weighted by Crippen LogP contribution is -2.32. The third-order valence-electron chi connectivity index (χ3n) is 1.58. The molecule has 1 aliphatic rings. The van der Waals surface area contributed by atoms with Gasteiger partial charge >= 0.3 is 6.18 Å². The topological polar surface area (TPSA) is 21.3 Å². The zero-order chi connectivity index (χ0) is 9.19. The number of ether oxygens (including phenoxy) is 1. The summed E-state index contributed by atoms with van der Waals surface area (Å²) in [6.45, 7) is 0.867. The predicted molar refractivity (Wildman–Crippen MR) is 33.3 cm³/mol. The van der Waals surface area contributed by atoms with E-state index in [4.69, 9.17) is 0 Å². The molecule has 2 unspecified atom stereocenters. The number of hydrogen-bond acceptors (Lipinski definition) is 2. The Kier molecular flexibility index (Phi) is 2.89. The van der Waals surface area contributed by atoms with Crippen LogP contribution in [-0.4, -0.2) is 31.7 Å². The first-order valence-electron chi connectivity index (χ1n) is 3.57. The van der Waals surface area contributed by atoms with Gasteiger partial charge in [0.25, 0.3) is 6.36 Å². The van der Waals surface area contributed by atoms with Crippen LogP contribution in [0.1, 0.15) is 6.42 Å². The van der Waals surface area contributed by atoms with Gasteiger partial charge in [-0.3, -0.25) is 0 Å². The second kappa shape index (κ2) is 3.57. The van der Waals surface area contributed by atoms with Crippen molar-refractivity contribution < 1.29 is 22.3 Å². The SMILES string of the molecule is FC(OC1CCNC1)C(F)(F)F. The second-order valence-corrected chi connectivity index (χ2v) is 2.61. The molecule has 2 nitrogen and oxygen atoms in total. The summed E-state index contributed by atoms with van der Waals surface area (Å²) in [5.74, 6) is 0. The highest BCUT2D eigenvalue weighted by molar-refractivity contribution is 4.72. The molecule has 72 valence electrons. The van der Waals surface area contributed by atoms with E-state index in [0.29, 0.717) is 13.0 Å². The van der Waals surface area contributed by atoms with Crippen LogP contribution in [0.2, 0.25) is 0 Å². The molecule has 0 aromatic rings. The molecule has 0 bridgehead atoms. The van der Waals surface area contributed by atoms with Gasteiger partial charge in [0.1, 0.15) is 0 Å². The van der Waals surface area contributed by atoms with E-state index in [1.165, 1.54) is 0 Å². The summed E-state index contributed by atoms with van der Waals surface area (Å²) in [5, 5.41) is 2.77. The minimum absolute atomic E-state index is 0.288. The van der Waals surface area contributed by atoms with Gasteiger partial charge in [-0.1, -0.05) is 0 Å².